The molecule has 0 saturated carbocycles. The van der Waals surface area contributed by atoms with E-state index in [1.165, 1.54) is 6.07 Å². The van der Waals surface area contributed by atoms with E-state index in [0.717, 1.165) is 24.1 Å². The van der Waals surface area contributed by atoms with E-state index in [0.29, 0.717) is 27.8 Å². The van der Waals surface area contributed by atoms with Gasteiger partial charge in [0, 0.05) is 18.3 Å². The van der Waals surface area contributed by atoms with Crippen LogP contribution >= 0.6 is 11.8 Å². The number of amides is 1. The summed E-state index contributed by atoms with van der Waals surface area (Å²) in [7, 11) is 0. The van der Waals surface area contributed by atoms with Crippen molar-refractivity contribution in [3.05, 3.63) is 41.6 Å². The summed E-state index contributed by atoms with van der Waals surface area (Å²) in [6.45, 7) is 9.53. The third kappa shape index (κ3) is 5.69. The predicted octanol–water partition coefficient (Wildman–Crippen LogP) is 4.10. The maximum atomic E-state index is 13.8. The number of thioether (sulfide) groups is 1. The lowest BCUT2D eigenvalue weighted by molar-refractivity contribution is 0.0943. The van der Waals surface area contributed by atoms with Gasteiger partial charge < -0.3 is 10.6 Å². The Hall–Kier alpha value is -2.75. The molecule has 2 heterocycles. The van der Waals surface area contributed by atoms with E-state index in [1.54, 1.807) is 22.6 Å². The molecule has 2 aromatic heterocycles. The third-order valence-corrected chi connectivity index (χ3v) is 5.16. The SMILES string of the molecule is CC(C)CNc1nc(SC(C)C)nc2c1cnn2CCNC(=O)c1c(F)cccc1F. The minimum absolute atomic E-state index is 0.134. The standard InChI is InChI=1S/C21H26F2N6OS/c1-12(2)10-25-18-14-11-26-29(19(14)28-21(27-18)31-13(3)4)9-8-24-20(30)17-15(22)6-5-7-16(17)23/h5-7,11-13H,8-10H2,1-4H3,(H,24,30)(H,25,27,28). The molecule has 0 saturated heterocycles. The Kier molecular flexibility index (Phi) is 7.42. The highest BCUT2D eigenvalue weighted by molar-refractivity contribution is 7.99. The number of anilines is 1. The van der Waals surface area contributed by atoms with E-state index >= 15 is 0 Å². The summed E-state index contributed by atoms with van der Waals surface area (Å²) in [5.41, 5.74) is 0.0432. The van der Waals surface area contributed by atoms with Crippen LogP contribution in [-0.4, -0.2) is 44.0 Å². The molecular weight excluding hydrogens is 422 g/mol. The fraction of sp³-hybridized carbons (Fsp3) is 0.429. The minimum Gasteiger partial charge on any atom is -0.369 e. The molecule has 0 fully saturated rings. The van der Waals surface area contributed by atoms with E-state index in [9.17, 15) is 13.6 Å². The molecule has 0 aliphatic rings. The van der Waals surface area contributed by atoms with Crippen molar-refractivity contribution in [3.63, 3.8) is 0 Å². The van der Waals surface area contributed by atoms with Gasteiger partial charge in [-0.2, -0.15) is 5.10 Å². The number of fused-ring (bicyclic) bond motifs is 1. The van der Waals surface area contributed by atoms with Gasteiger partial charge in [0.2, 0.25) is 0 Å². The number of halogens is 2. The van der Waals surface area contributed by atoms with E-state index in [4.69, 9.17) is 0 Å². The zero-order chi connectivity index (χ0) is 22.5. The first kappa shape index (κ1) is 22.9. The van der Waals surface area contributed by atoms with E-state index in [1.807, 2.05) is 0 Å². The van der Waals surface area contributed by atoms with Crippen molar-refractivity contribution in [1.82, 2.24) is 25.1 Å². The lowest BCUT2D eigenvalue weighted by atomic mass is 10.2. The quantitative estimate of drug-likeness (QED) is 0.379. The van der Waals surface area contributed by atoms with Gasteiger partial charge in [0.05, 0.1) is 18.1 Å². The topological polar surface area (TPSA) is 84.7 Å². The van der Waals surface area contributed by atoms with Gasteiger partial charge in [-0.3, -0.25) is 4.79 Å². The van der Waals surface area contributed by atoms with Gasteiger partial charge in [-0.05, 0) is 18.1 Å². The molecule has 0 unspecified atom stereocenters. The first-order valence-corrected chi connectivity index (χ1v) is 11.0. The summed E-state index contributed by atoms with van der Waals surface area (Å²) < 4.78 is 29.2. The third-order valence-electron chi connectivity index (χ3n) is 4.29. The Morgan fingerprint density at radius 2 is 1.87 bits per heavy atom. The Labute approximate surface area is 184 Å². The van der Waals surface area contributed by atoms with Crippen LogP contribution in [0.3, 0.4) is 0 Å². The zero-order valence-electron chi connectivity index (χ0n) is 17.9. The molecule has 3 aromatic rings. The molecular formula is C21H26F2N6OS. The molecule has 0 aliphatic heterocycles. The monoisotopic (exact) mass is 448 g/mol. The number of rotatable bonds is 9. The molecule has 166 valence electrons. The summed E-state index contributed by atoms with van der Waals surface area (Å²) in [6, 6.07) is 3.32. The number of aromatic nitrogens is 4. The molecule has 0 radical (unpaired) electrons. The van der Waals surface area contributed by atoms with E-state index in [2.05, 4.69) is 53.4 Å². The number of nitrogens with zero attached hydrogens (tertiary/aromatic N) is 4. The number of nitrogens with one attached hydrogen (secondary N) is 2. The van der Waals surface area contributed by atoms with Crippen LogP contribution in [0.5, 0.6) is 0 Å². The number of benzene rings is 1. The van der Waals surface area contributed by atoms with Gasteiger partial charge in [0.15, 0.2) is 10.8 Å². The van der Waals surface area contributed by atoms with E-state index < -0.39 is 23.1 Å². The summed E-state index contributed by atoms with van der Waals surface area (Å²) in [4.78, 5) is 21.5. The van der Waals surface area contributed by atoms with Gasteiger partial charge in [-0.1, -0.05) is 45.5 Å². The van der Waals surface area contributed by atoms with Crippen molar-refractivity contribution in [1.29, 1.82) is 0 Å². The Morgan fingerprint density at radius 3 is 2.52 bits per heavy atom. The number of hydrogen-bond donors (Lipinski definition) is 2. The van der Waals surface area contributed by atoms with Crippen LogP contribution in [0.25, 0.3) is 11.0 Å². The first-order valence-electron chi connectivity index (χ1n) is 10.1. The van der Waals surface area contributed by atoms with Crippen LogP contribution in [0.2, 0.25) is 0 Å². The highest BCUT2D eigenvalue weighted by atomic mass is 32.2. The second-order valence-corrected chi connectivity index (χ2v) is 9.30. The highest BCUT2D eigenvalue weighted by Gasteiger charge is 2.18. The predicted molar refractivity (Wildman–Crippen MR) is 118 cm³/mol. The number of carbonyl (C=O) groups is 1. The fourth-order valence-corrected chi connectivity index (χ4v) is 3.58. The van der Waals surface area contributed by atoms with Gasteiger partial charge >= 0.3 is 0 Å². The van der Waals surface area contributed by atoms with Gasteiger partial charge in [-0.25, -0.2) is 23.4 Å². The molecule has 1 aromatic carbocycles. The second-order valence-electron chi connectivity index (χ2n) is 7.75. The lowest BCUT2D eigenvalue weighted by Gasteiger charge is -2.12. The summed E-state index contributed by atoms with van der Waals surface area (Å²) >= 11 is 1.55. The molecule has 7 nitrogen and oxygen atoms in total. The smallest absolute Gasteiger partial charge is 0.257 e. The molecule has 0 spiro atoms. The Morgan fingerprint density at radius 1 is 1.16 bits per heavy atom. The highest BCUT2D eigenvalue weighted by Crippen LogP contribution is 2.26. The molecule has 0 bridgehead atoms. The summed E-state index contributed by atoms with van der Waals surface area (Å²) in [5.74, 6) is -1.45. The average Bonchev–Trinajstić information content (AvgIpc) is 3.08. The van der Waals surface area contributed by atoms with E-state index in [-0.39, 0.29) is 13.1 Å². The van der Waals surface area contributed by atoms with Crippen molar-refractivity contribution in [3.8, 4) is 0 Å². The van der Waals surface area contributed by atoms with Crippen molar-refractivity contribution in [2.75, 3.05) is 18.4 Å². The average molecular weight is 449 g/mol. The van der Waals surface area contributed by atoms with Crippen molar-refractivity contribution >= 4 is 34.5 Å². The van der Waals surface area contributed by atoms with Crippen LogP contribution in [0.4, 0.5) is 14.6 Å². The van der Waals surface area contributed by atoms with Crippen LogP contribution in [0.1, 0.15) is 38.1 Å². The second kappa shape index (κ2) is 10.0. The summed E-state index contributed by atoms with van der Waals surface area (Å²) in [6.07, 6.45) is 1.68. The van der Waals surface area contributed by atoms with Crippen LogP contribution in [-0.2, 0) is 6.54 Å². The molecule has 3 rings (SSSR count). The van der Waals surface area contributed by atoms with Crippen molar-refractivity contribution in [2.45, 2.75) is 44.6 Å². The Bertz CT molecular complexity index is 1050. The van der Waals surface area contributed by atoms with Crippen molar-refractivity contribution in [2.24, 2.45) is 5.92 Å². The molecule has 2 N–H and O–H groups in total. The largest absolute Gasteiger partial charge is 0.369 e. The van der Waals surface area contributed by atoms with Gasteiger partial charge in [-0.15, -0.1) is 0 Å². The molecule has 0 aliphatic carbocycles. The normalized spacial score (nSPS) is 11.5. The number of hydrogen-bond acceptors (Lipinski definition) is 6. The lowest BCUT2D eigenvalue weighted by Crippen LogP contribution is -2.29. The summed E-state index contributed by atoms with van der Waals surface area (Å²) in [5, 5.41) is 12.0. The molecule has 10 heteroatoms. The van der Waals surface area contributed by atoms with Crippen LogP contribution in [0.15, 0.2) is 29.6 Å². The Balaban J connectivity index is 1.78. The van der Waals surface area contributed by atoms with Gasteiger partial charge in [0.1, 0.15) is 23.0 Å². The van der Waals surface area contributed by atoms with Crippen LogP contribution < -0.4 is 10.6 Å². The molecule has 0 atom stereocenters. The molecule has 31 heavy (non-hydrogen) atoms. The van der Waals surface area contributed by atoms with Crippen LogP contribution in [0, 0.1) is 17.6 Å². The first-order chi connectivity index (χ1) is 14.8. The van der Waals surface area contributed by atoms with Crippen molar-refractivity contribution < 1.29 is 13.6 Å². The molecule has 1 amide bonds. The maximum Gasteiger partial charge on any atom is 0.257 e. The zero-order valence-corrected chi connectivity index (χ0v) is 18.8. The fourth-order valence-electron chi connectivity index (χ4n) is 2.88. The maximum absolute atomic E-state index is 13.8. The minimum atomic E-state index is -0.897. The van der Waals surface area contributed by atoms with Gasteiger partial charge in [0.25, 0.3) is 5.91 Å². The number of carbonyl (C=O) groups excluding carboxylic acids is 1.